The van der Waals surface area contributed by atoms with Crippen LogP contribution < -0.4 is 4.74 Å². The molecule has 0 aliphatic carbocycles. The Kier molecular flexibility index (Phi) is 4.17. The summed E-state index contributed by atoms with van der Waals surface area (Å²) in [5.41, 5.74) is 0.475. The molecule has 0 spiro atoms. The van der Waals surface area contributed by atoms with E-state index in [0.717, 1.165) is 0 Å². The van der Waals surface area contributed by atoms with E-state index in [4.69, 9.17) is 21.4 Å². The highest BCUT2D eigenvalue weighted by Crippen LogP contribution is 2.26. The summed E-state index contributed by atoms with van der Waals surface area (Å²) >= 11 is 5.77. The van der Waals surface area contributed by atoms with Gasteiger partial charge < -0.3 is 9.84 Å². The molecule has 0 unspecified atom stereocenters. The van der Waals surface area contributed by atoms with Crippen molar-refractivity contribution in [1.29, 1.82) is 0 Å². The number of methoxy groups -OCH3 is 1. The summed E-state index contributed by atoms with van der Waals surface area (Å²) in [6, 6.07) is 2.98. The summed E-state index contributed by atoms with van der Waals surface area (Å²) in [7, 11) is 1.39. The van der Waals surface area contributed by atoms with Crippen LogP contribution in [0.1, 0.15) is 12.0 Å². The number of ether oxygens (including phenoxy) is 1. The fourth-order valence-corrected chi connectivity index (χ4v) is 1.45. The van der Waals surface area contributed by atoms with Crippen molar-refractivity contribution in [1.82, 2.24) is 0 Å². The second-order valence-corrected chi connectivity index (χ2v) is 3.34. The largest absolute Gasteiger partial charge is 0.494 e. The van der Waals surface area contributed by atoms with Crippen molar-refractivity contribution in [2.75, 3.05) is 13.7 Å². The van der Waals surface area contributed by atoms with Gasteiger partial charge >= 0.3 is 0 Å². The van der Waals surface area contributed by atoms with Gasteiger partial charge in [-0.05, 0) is 24.5 Å². The van der Waals surface area contributed by atoms with Crippen LogP contribution in [0.3, 0.4) is 0 Å². The SMILES string of the molecule is COc1cc(Cl)cc(CCCO)c1F. The van der Waals surface area contributed by atoms with Crippen molar-refractivity contribution < 1.29 is 14.2 Å². The van der Waals surface area contributed by atoms with Gasteiger partial charge in [0, 0.05) is 17.7 Å². The average Bonchev–Trinajstić information content (AvgIpc) is 2.18. The van der Waals surface area contributed by atoms with Crippen molar-refractivity contribution in [2.45, 2.75) is 12.8 Å². The van der Waals surface area contributed by atoms with Crippen LogP contribution in [0.15, 0.2) is 12.1 Å². The number of benzene rings is 1. The van der Waals surface area contributed by atoms with E-state index in [9.17, 15) is 4.39 Å². The Labute approximate surface area is 87.3 Å². The van der Waals surface area contributed by atoms with Crippen LogP contribution in [-0.2, 0) is 6.42 Å². The lowest BCUT2D eigenvalue weighted by atomic mass is 10.1. The lowest BCUT2D eigenvalue weighted by molar-refractivity contribution is 0.287. The Hall–Kier alpha value is -0.800. The first-order chi connectivity index (χ1) is 6.69. The second kappa shape index (κ2) is 5.17. The topological polar surface area (TPSA) is 29.5 Å². The van der Waals surface area contributed by atoms with E-state index in [1.165, 1.54) is 13.2 Å². The summed E-state index contributed by atoms with van der Waals surface area (Å²) in [5.74, 6) is -0.254. The Morgan fingerprint density at radius 3 is 2.79 bits per heavy atom. The maximum absolute atomic E-state index is 13.5. The van der Waals surface area contributed by atoms with Crippen molar-refractivity contribution in [3.05, 3.63) is 28.5 Å². The molecule has 0 aliphatic heterocycles. The third-order valence-electron chi connectivity index (χ3n) is 1.90. The standard InChI is InChI=1S/C10H12ClFO2/c1-14-9-6-8(11)5-7(10(9)12)3-2-4-13/h5-6,13H,2-4H2,1H3. The van der Waals surface area contributed by atoms with Gasteiger partial charge in [0.15, 0.2) is 11.6 Å². The molecule has 1 rings (SSSR count). The molecule has 4 heteroatoms. The fourth-order valence-electron chi connectivity index (χ4n) is 1.22. The van der Waals surface area contributed by atoms with E-state index < -0.39 is 5.82 Å². The highest BCUT2D eigenvalue weighted by atomic mass is 35.5. The van der Waals surface area contributed by atoms with Gasteiger partial charge in [0.1, 0.15) is 0 Å². The molecule has 1 aromatic carbocycles. The monoisotopic (exact) mass is 218 g/mol. The summed E-state index contributed by atoms with van der Waals surface area (Å²) in [5, 5.41) is 9.07. The van der Waals surface area contributed by atoms with Gasteiger partial charge in [-0.3, -0.25) is 0 Å². The smallest absolute Gasteiger partial charge is 0.168 e. The Morgan fingerprint density at radius 2 is 2.21 bits per heavy atom. The zero-order chi connectivity index (χ0) is 10.6. The molecule has 0 saturated carbocycles. The summed E-state index contributed by atoms with van der Waals surface area (Å²) in [6.07, 6.45) is 0.972. The summed E-state index contributed by atoms with van der Waals surface area (Å²) in [4.78, 5) is 0. The molecule has 14 heavy (non-hydrogen) atoms. The number of aliphatic hydroxyl groups is 1. The van der Waals surface area contributed by atoms with Crippen LogP contribution in [0, 0.1) is 5.82 Å². The molecular weight excluding hydrogens is 207 g/mol. The lowest BCUT2D eigenvalue weighted by Gasteiger charge is -2.07. The first-order valence-electron chi connectivity index (χ1n) is 4.31. The molecule has 0 radical (unpaired) electrons. The van der Waals surface area contributed by atoms with Crippen molar-refractivity contribution in [3.63, 3.8) is 0 Å². The normalized spacial score (nSPS) is 10.3. The van der Waals surface area contributed by atoms with E-state index in [0.29, 0.717) is 23.4 Å². The maximum atomic E-state index is 13.5. The number of rotatable bonds is 4. The molecule has 78 valence electrons. The molecule has 0 atom stereocenters. The van der Waals surface area contributed by atoms with Gasteiger partial charge in [0.2, 0.25) is 0 Å². The Bertz CT molecular complexity index is 315. The van der Waals surface area contributed by atoms with E-state index >= 15 is 0 Å². The van der Waals surface area contributed by atoms with Crippen LogP contribution in [0.4, 0.5) is 4.39 Å². The van der Waals surface area contributed by atoms with Crippen LogP contribution >= 0.6 is 11.6 Å². The van der Waals surface area contributed by atoms with Crippen LogP contribution in [0.2, 0.25) is 5.02 Å². The van der Waals surface area contributed by atoms with Crippen LogP contribution in [0.25, 0.3) is 0 Å². The van der Waals surface area contributed by atoms with Gasteiger partial charge in [-0.15, -0.1) is 0 Å². The van der Waals surface area contributed by atoms with Crippen molar-refractivity contribution in [3.8, 4) is 5.75 Å². The van der Waals surface area contributed by atoms with Crippen molar-refractivity contribution >= 4 is 11.6 Å². The summed E-state index contributed by atoms with van der Waals surface area (Å²) in [6.45, 7) is 0.0360. The highest BCUT2D eigenvalue weighted by Gasteiger charge is 2.10. The third-order valence-corrected chi connectivity index (χ3v) is 2.12. The molecule has 0 heterocycles. The first-order valence-corrected chi connectivity index (χ1v) is 4.69. The quantitative estimate of drug-likeness (QED) is 0.841. The average molecular weight is 219 g/mol. The number of halogens is 2. The van der Waals surface area contributed by atoms with E-state index in [2.05, 4.69) is 0 Å². The minimum atomic E-state index is -0.398. The zero-order valence-electron chi connectivity index (χ0n) is 7.89. The third kappa shape index (κ3) is 2.59. The minimum Gasteiger partial charge on any atom is -0.494 e. The molecule has 0 bridgehead atoms. The molecule has 1 N–H and O–H groups in total. The zero-order valence-corrected chi connectivity index (χ0v) is 8.64. The molecule has 0 fully saturated rings. The van der Waals surface area contributed by atoms with Gasteiger partial charge in [-0.2, -0.15) is 0 Å². The van der Waals surface area contributed by atoms with Gasteiger partial charge in [-0.25, -0.2) is 4.39 Å². The number of aliphatic hydroxyl groups excluding tert-OH is 1. The molecule has 0 saturated heterocycles. The predicted molar refractivity (Wildman–Crippen MR) is 53.4 cm³/mol. The number of hydrogen-bond donors (Lipinski definition) is 1. The van der Waals surface area contributed by atoms with Gasteiger partial charge in [0.25, 0.3) is 0 Å². The molecule has 2 nitrogen and oxygen atoms in total. The second-order valence-electron chi connectivity index (χ2n) is 2.91. The van der Waals surface area contributed by atoms with E-state index in [1.54, 1.807) is 6.07 Å². The molecule has 0 aliphatic rings. The fraction of sp³-hybridized carbons (Fsp3) is 0.400. The predicted octanol–water partition coefficient (Wildman–Crippen LogP) is 2.41. The van der Waals surface area contributed by atoms with Crippen LogP contribution in [-0.4, -0.2) is 18.8 Å². The maximum Gasteiger partial charge on any atom is 0.168 e. The first kappa shape index (κ1) is 11.3. The summed E-state index contributed by atoms with van der Waals surface area (Å²) < 4.78 is 18.3. The molecule has 0 amide bonds. The van der Waals surface area contributed by atoms with E-state index in [-0.39, 0.29) is 12.4 Å². The lowest BCUT2D eigenvalue weighted by Crippen LogP contribution is -1.97. The Balaban J connectivity index is 2.96. The minimum absolute atomic E-state index is 0.0360. The van der Waals surface area contributed by atoms with Gasteiger partial charge in [0.05, 0.1) is 7.11 Å². The Morgan fingerprint density at radius 1 is 1.50 bits per heavy atom. The van der Waals surface area contributed by atoms with Gasteiger partial charge in [-0.1, -0.05) is 11.6 Å². The van der Waals surface area contributed by atoms with Crippen LogP contribution in [0.5, 0.6) is 5.75 Å². The number of aryl methyl sites for hydroxylation is 1. The van der Waals surface area contributed by atoms with E-state index in [1.807, 2.05) is 0 Å². The highest BCUT2D eigenvalue weighted by molar-refractivity contribution is 6.30. The van der Waals surface area contributed by atoms with Crippen molar-refractivity contribution in [2.24, 2.45) is 0 Å². The number of hydrogen-bond acceptors (Lipinski definition) is 2. The molecule has 1 aromatic rings. The molecular formula is C10H12ClFO2. The molecule has 0 aromatic heterocycles.